The second-order valence-corrected chi connectivity index (χ2v) is 8.01. The van der Waals surface area contributed by atoms with Crippen LogP contribution in [0.25, 0.3) is 10.2 Å². The third-order valence-corrected chi connectivity index (χ3v) is 6.10. The van der Waals surface area contributed by atoms with E-state index in [1.807, 2.05) is 35.7 Å². The van der Waals surface area contributed by atoms with Gasteiger partial charge >= 0.3 is 0 Å². The summed E-state index contributed by atoms with van der Waals surface area (Å²) in [6, 6.07) is 14.0. The molecule has 0 atom stereocenters. The molecule has 3 heterocycles. The number of amides is 1. The summed E-state index contributed by atoms with van der Waals surface area (Å²) < 4.78 is 6.57. The van der Waals surface area contributed by atoms with Crippen molar-refractivity contribution in [1.29, 1.82) is 0 Å². The Bertz CT molecular complexity index is 1000. The third-order valence-electron chi connectivity index (χ3n) is 4.18. The van der Waals surface area contributed by atoms with E-state index in [1.165, 1.54) is 5.56 Å². The van der Waals surface area contributed by atoms with Gasteiger partial charge in [0, 0.05) is 4.88 Å². The van der Waals surface area contributed by atoms with Gasteiger partial charge in [0.25, 0.3) is 0 Å². The molecule has 0 saturated carbocycles. The number of anilines is 1. The highest BCUT2D eigenvalue weighted by Crippen LogP contribution is 2.31. The quantitative estimate of drug-likeness (QED) is 0.455. The van der Waals surface area contributed by atoms with Crippen LogP contribution in [0.3, 0.4) is 0 Å². The first-order valence-corrected chi connectivity index (χ1v) is 10.2. The second-order valence-electron chi connectivity index (χ2n) is 5.97. The molecule has 0 aliphatic rings. The van der Waals surface area contributed by atoms with Crippen molar-refractivity contribution in [2.24, 2.45) is 0 Å². The predicted octanol–water partition coefficient (Wildman–Crippen LogP) is 5.29. The number of fused-ring (bicyclic) bond motifs is 1. The van der Waals surface area contributed by atoms with Crippen LogP contribution >= 0.6 is 22.7 Å². The van der Waals surface area contributed by atoms with Gasteiger partial charge in [-0.15, -0.1) is 11.3 Å². The molecule has 1 aromatic carbocycles. The molecule has 26 heavy (non-hydrogen) atoms. The molecule has 4 aromatic rings. The first kappa shape index (κ1) is 17.0. The van der Waals surface area contributed by atoms with Gasteiger partial charge in [0.1, 0.15) is 5.76 Å². The highest BCUT2D eigenvalue weighted by Gasteiger charge is 2.22. The summed E-state index contributed by atoms with van der Waals surface area (Å²) >= 11 is 3.15. The standard InChI is InChI=1S/C20H18N2O2S2/c1-2-14-7-8-17-18(11-14)26-20(21-17)22(13-15-5-3-9-24-15)19(23)12-16-6-4-10-25-16/h3-11H,2,12-13H2,1H3. The molecule has 4 nitrogen and oxygen atoms in total. The van der Waals surface area contributed by atoms with Crippen molar-refractivity contribution >= 4 is 43.9 Å². The van der Waals surface area contributed by atoms with E-state index in [-0.39, 0.29) is 5.91 Å². The van der Waals surface area contributed by atoms with Gasteiger partial charge in [-0.1, -0.05) is 30.4 Å². The zero-order chi connectivity index (χ0) is 17.9. The van der Waals surface area contributed by atoms with Crippen molar-refractivity contribution in [3.05, 3.63) is 70.3 Å². The number of aromatic nitrogens is 1. The first-order valence-electron chi connectivity index (χ1n) is 8.47. The molecule has 0 N–H and O–H groups in total. The lowest BCUT2D eigenvalue weighted by Gasteiger charge is -2.18. The van der Waals surface area contributed by atoms with Gasteiger partial charge in [0.05, 0.1) is 29.4 Å². The molecular weight excluding hydrogens is 364 g/mol. The molecule has 0 spiro atoms. The van der Waals surface area contributed by atoms with Crippen molar-refractivity contribution in [2.75, 3.05) is 4.90 Å². The van der Waals surface area contributed by atoms with Crippen molar-refractivity contribution in [1.82, 2.24) is 4.98 Å². The number of rotatable bonds is 6. The summed E-state index contributed by atoms with van der Waals surface area (Å²) in [6.45, 7) is 2.52. The molecule has 0 unspecified atom stereocenters. The van der Waals surface area contributed by atoms with E-state index >= 15 is 0 Å². The molecule has 3 aromatic heterocycles. The lowest BCUT2D eigenvalue weighted by molar-refractivity contribution is -0.118. The Morgan fingerprint density at radius 2 is 2.15 bits per heavy atom. The Morgan fingerprint density at radius 1 is 1.23 bits per heavy atom. The largest absolute Gasteiger partial charge is 0.467 e. The minimum Gasteiger partial charge on any atom is -0.467 e. The number of carbonyl (C=O) groups is 1. The maximum absolute atomic E-state index is 13.0. The summed E-state index contributed by atoms with van der Waals surface area (Å²) in [5.41, 5.74) is 2.20. The van der Waals surface area contributed by atoms with Crippen LogP contribution < -0.4 is 4.90 Å². The SMILES string of the molecule is CCc1ccc2nc(N(Cc3ccco3)C(=O)Cc3cccs3)sc2c1. The van der Waals surface area contributed by atoms with Crippen LogP contribution in [0, 0.1) is 0 Å². The number of carbonyl (C=O) groups excluding carboxylic acids is 1. The van der Waals surface area contributed by atoms with Crippen LogP contribution in [0.2, 0.25) is 0 Å². The van der Waals surface area contributed by atoms with Gasteiger partial charge in [-0.05, 0) is 47.7 Å². The fourth-order valence-electron chi connectivity index (χ4n) is 2.77. The molecule has 0 aliphatic carbocycles. The minimum absolute atomic E-state index is 0.0265. The number of furan rings is 1. The smallest absolute Gasteiger partial charge is 0.234 e. The maximum atomic E-state index is 13.0. The number of thiazole rings is 1. The van der Waals surface area contributed by atoms with Crippen molar-refractivity contribution in [3.8, 4) is 0 Å². The summed E-state index contributed by atoms with van der Waals surface area (Å²) in [7, 11) is 0. The summed E-state index contributed by atoms with van der Waals surface area (Å²) in [5, 5.41) is 2.70. The molecule has 1 amide bonds. The van der Waals surface area contributed by atoms with E-state index in [1.54, 1.807) is 33.8 Å². The minimum atomic E-state index is 0.0265. The average Bonchev–Trinajstić information content (AvgIpc) is 3.39. The first-order chi connectivity index (χ1) is 12.7. The topological polar surface area (TPSA) is 46.3 Å². The summed E-state index contributed by atoms with van der Waals surface area (Å²) in [5.74, 6) is 0.775. The van der Waals surface area contributed by atoms with Crippen LogP contribution in [0.4, 0.5) is 5.13 Å². The molecular formula is C20H18N2O2S2. The Balaban J connectivity index is 1.68. The highest BCUT2D eigenvalue weighted by atomic mass is 32.1. The second kappa shape index (κ2) is 7.43. The Labute approximate surface area is 159 Å². The lowest BCUT2D eigenvalue weighted by Crippen LogP contribution is -2.31. The van der Waals surface area contributed by atoms with E-state index in [4.69, 9.17) is 9.40 Å². The van der Waals surface area contributed by atoms with Gasteiger partial charge in [0.15, 0.2) is 5.13 Å². The number of nitrogens with zero attached hydrogens (tertiary/aromatic N) is 2. The van der Waals surface area contributed by atoms with E-state index in [2.05, 4.69) is 19.1 Å². The molecule has 0 bridgehead atoms. The lowest BCUT2D eigenvalue weighted by atomic mass is 10.2. The van der Waals surface area contributed by atoms with E-state index in [0.29, 0.717) is 18.1 Å². The normalized spacial score (nSPS) is 11.1. The molecule has 4 rings (SSSR count). The van der Waals surface area contributed by atoms with Crippen LogP contribution in [0.1, 0.15) is 23.1 Å². The van der Waals surface area contributed by atoms with Crippen molar-refractivity contribution in [2.45, 2.75) is 26.3 Å². The monoisotopic (exact) mass is 382 g/mol. The van der Waals surface area contributed by atoms with Crippen LogP contribution in [-0.2, 0) is 24.2 Å². The number of thiophene rings is 1. The summed E-state index contributed by atoms with van der Waals surface area (Å²) in [6.07, 6.45) is 2.98. The fraction of sp³-hybridized carbons (Fsp3) is 0.200. The molecule has 132 valence electrons. The van der Waals surface area contributed by atoms with Crippen LogP contribution in [0.15, 0.2) is 58.5 Å². The van der Waals surface area contributed by atoms with Crippen LogP contribution in [-0.4, -0.2) is 10.9 Å². The zero-order valence-corrected chi connectivity index (χ0v) is 16.0. The predicted molar refractivity (Wildman–Crippen MR) is 107 cm³/mol. The molecule has 0 aliphatic heterocycles. The van der Waals surface area contributed by atoms with Crippen LogP contribution in [0.5, 0.6) is 0 Å². The van der Waals surface area contributed by atoms with E-state index in [0.717, 1.165) is 27.3 Å². The van der Waals surface area contributed by atoms with E-state index < -0.39 is 0 Å². The van der Waals surface area contributed by atoms with Crippen molar-refractivity contribution in [3.63, 3.8) is 0 Å². The van der Waals surface area contributed by atoms with E-state index in [9.17, 15) is 4.79 Å². The van der Waals surface area contributed by atoms with Gasteiger partial charge in [-0.25, -0.2) is 4.98 Å². The Hall–Kier alpha value is -2.44. The number of benzene rings is 1. The summed E-state index contributed by atoms with van der Waals surface area (Å²) in [4.78, 5) is 20.5. The van der Waals surface area contributed by atoms with Gasteiger partial charge in [-0.3, -0.25) is 9.69 Å². The number of aryl methyl sites for hydroxylation is 1. The van der Waals surface area contributed by atoms with Gasteiger partial charge < -0.3 is 4.42 Å². The Morgan fingerprint density at radius 3 is 2.88 bits per heavy atom. The Kier molecular flexibility index (Phi) is 4.86. The van der Waals surface area contributed by atoms with Crippen molar-refractivity contribution < 1.29 is 9.21 Å². The molecule has 0 saturated heterocycles. The maximum Gasteiger partial charge on any atom is 0.234 e. The molecule has 0 radical (unpaired) electrons. The average molecular weight is 383 g/mol. The van der Waals surface area contributed by atoms with Gasteiger partial charge in [0.2, 0.25) is 5.91 Å². The highest BCUT2D eigenvalue weighted by molar-refractivity contribution is 7.22. The third kappa shape index (κ3) is 3.57. The molecule has 0 fully saturated rings. The zero-order valence-electron chi connectivity index (χ0n) is 14.3. The number of hydrogen-bond acceptors (Lipinski definition) is 5. The van der Waals surface area contributed by atoms with Gasteiger partial charge in [-0.2, -0.15) is 0 Å². The number of hydrogen-bond donors (Lipinski definition) is 0. The molecule has 6 heteroatoms. The fourth-order valence-corrected chi connectivity index (χ4v) is 4.51.